The molecule has 0 amide bonds. The van der Waals surface area contributed by atoms with Crippen LogP contribution in [0.25, 0.3) is 10.8 Å². The Kier molecular flexibility index (Phi) is 3.95. The third kappa shape index (κ3) is 3.34. The van der Waals surface area contributed by atoms with Gasteiger partial charge in [0, 0.05) is 0 Å². The van der Waals surface area contributed by atoms with Gasteiger partial charge in [0.05, 0.1) is 11.4 Å². The summed E-state index contributed by atoms with van der Waals surface area (Å²) >= 11 is 1.34. The van der Waals surface area contributed by atoms with Crippen molar-refractivity contribution in [2.75, 3.05) is 4.72 Å². The van der Waals surface area contributed by atoms with E-state index in [1.165, 1.54) is 11.3 Å². The molecular formula is C14H13N3O3S2. The quantitative estimate of drug-likeness (QED) is 0.774. The number of thiophene rings is 1. The second-order valence-corrected chi connectivity index (χ2v) is 7.30. The number of benzene rings is 1. The smallest absolute Gasteiger partial charge is 0.270 e. The number of hydrogen-bond acceptors (Lipinski definition) is 6. The van der Waals surface area contributed by atoms with Gasteiger partial charge in [-0.05, 0) is 23.9 Å². The molecule has 3 aromatic rings. The van der Waals surface area contributed by atoms with E-state index in [1.54, 1.807) is 30.5 Å². The zero-order chi connectivity index (χ0) is 15.6. The predicted molar refractivity (Wildman–Crippen MR) is 85.0 cm³/mol. The zero-order valence-electron chi connectivity index (χ0n) is 11.7. The maximum atomic E-state index is 12.3. The molecule has 0 radical (unpaired) electrons. The Bertz CT molecular complexity index is 870. The van der Waals surface area contributed by atoms with E-state index < -0.39 is 10.0 Å². The molecule has 2 aromatic heterocycles. The van der Waals surface area contributed by atoms with Gasteiger partial charge in [-0.15, -0.1) is 11.3 Å². The fourth-order valence-corrected chi connectivity index (χ4v) is 3.99. The van der Waals surface area contributed by atoms with E-state index in [2.05, 4.69) is 14.9 Å². The summed E-state index contributed by atoms with van der Waals surface area (Å²) < 4.78 is 32.2. The molecule has 2 heterocycles. The number of rotatable bonds is 5. The molecule has 8 heteroatoms. The number of nitrogens with one attached hydrogen (secondary N) is 1. The highest BCUT2D eigenvalue weighted by Gasteiger charge is 2.18. The molecule has 1 aromatic carbocycles. The van der Waals surface area contributed by atoms with E-state index in [4.69, 9.17) is 4.52 Å². The standard InChI is InChI=1S/C14H13N3O3S2/c1-10-15-14(20-16-10)13-12(7-8-21-13)17-22(18,19)9-11-5-3-2-4-6-11/h2-8,17H,9H2,1H3. The van der Waals surface area contributed by atoms with E-state index in [9.17, 15) is 8.42 Å². The van der Waals surface area contributed by atoms with E-state index in [1.807, 2.05) is 18.2 Å². The molecule has 0 saturated carbocycles. The molecule has 0 spiro atoms. The van der Waals surface area contributed by atoms with Crippen LogP contribution in [-0.2, 0) is 15.8 Å². The van der Waals surface area contributed by atoms with Crippen LogP contribution in [0.3, 0.4) is 0 Å². The van der Waals surface area contributed by atoms with Gasteiger partial charge in [-0.3, -0.25) is 4.72 Å². The van der Waals surface area contributed by atoms with Crippen molar-refractivity contribution in [3.05, 3.63) is 53.2 Å². The molecule has 0 atom stereocenters. The molecule has 0 aliphatic rings. The van der Waals surface area contributed by atoms with Crippen LogP contribution in [0.4, 0.5) is 5.69 Å². The number of aromatic nitrogens is 2. The van der Waals surface area contributed by atoms with Gasteiger partial charge in [0.15, 0.2) is 5.82 Å². The van der Waals surface area contributed by atoms with Gasteiger partial charge in [-0.25, -0.2) is 8.42 Å². The highest BCUT2D eigenvalue weighted by Crippen LogP contribution is 2.33. The van der Waals surface area contributed by atoms with Crippen molar-refractivity contribution in [3.8, 4) is 10.8 Å². The molecule has 0 aliphatic heterocycles. The number of aryl methyl sites for hydroxylation is 1. The third-order valence-electron chi connectivity index (χ3n) is 2.85. The molecule has 22 heavy (non-hydrogen) atoms. The Balaban J connectivity index is 1.83. The minimum Gasteiger partial charge on any atom is -0.333 e. The molecule has 0 bridgehead atoms. The highest BCUT2D eigenvalue weighted by atomic mass is 32.2. The van der Waals surface area contributed by atoms with Crippen LogP contribution >= 0.6 is 11.3 Å². The van der Waals surface area contributed by atoms with Gasteiger partial charge in [0.1, 0.15) is 4.88 Å². The van der Waals surface area contributed by atoms with Gasteiger partial charge >= 0.3 is 0 Å². The fourth-order valence-electron chi connectivity index (χ4n) is 1.94. The van der Waals surface area contributed by atoms with E-state index >= 15 is 0 Å². The second-order valence-electron chi connectivity index (χ2n) is 4.66. The molecule has 1 N–H and O–H groups in total. The number of sulfonamides is 1. The Morgan fingerprint density at radius 2 is 2.00 bits per heavy atom. The third-order valence-corrected chi connectivity index (χ3v) is 5.00. The first-order valence-corrected chi connectivity index (χ1v) is 8.99. The lowest BCUT2D eigenvalue weighted by atomic mass is 10.2. The summed E-state index contributed by atoms with van der Waals surface area (Å²) in [6.45, 7) is 1.71. The van der Waals surface area contributed by atoms with Crippen molar-refractivity contribution in [1.82, 2.24) is 10.1 Å². The van der Waals surface area contributed by atoms with Crippen LogP contribution in [0, 0.1) is 6.92 Å². The van der Waals surface area contributed by atoms with Gasteiger partial charge in [0.2, 0.25) is 10.0 Å². The molecular weight excluding hydrogens is 322 g/mol. The van der Waals surface area contributed by atoms with Gasteiger partial charge in [0.25, 0.3) is 5.89 Å². The molecule has 0 saturated heterocycles. The second kappa shape index (κ2) is 5.90. The lowest BCUT2D eigenvalue weighted by molar-refractivity contribution is 0.426. The van der Waals surface area contributed by atoms with Crippen molar-refractivity contribution in [2.24, 2.45) is 0 Å². The van der Waals surface area contributed by atoms with Gasteiger partial charge in [-0.1, -0.05) is 35.5 Å². The SMILES string of the molecule is Cc1noc(-c2sccc2NS(=O)(=O)Cc2ccccc2)n1. The summed E-state index contributed by atoms with van der Waals surface area (Å²) in [4.78, 5) is 4.73. The van der Waals surface area contributed by atoms with Crippen molar-refractivity contribution in [1.29, 1.82) is 0 Å². The summed E-state index contributed by atoms with van der Waals surface area (Å²) in [6, 6.07) is 10.7. The zero-order valence-corrected chi connectivity index (χ0v) is 13.3. The topological polar surface area (TPSA) is 85.1 Å². The van der Waals surface area contributed by atoms with Crippen molar-refractivity contribution >= 4 is 27.0 Å². The average molecular weight is 335 g/mol. The monoisotopic (exact) mass is 335 g/mol. The Labute approximate surface area is 131 Å². The van der Waals surface area contributed by atoms with E-state index in [-0.39, 0.29) is 5.75 Å². The molecule has 0 fully saturated rings. The first-order chi connectivity index (χ1) is 10.5. The van der Waals surface area contributed by atoms with Crippen molar-refractivity contribution in [2.45, 2.75) is 12.7 Å². The summed E-state index contributed by atoms with van der Waals surface area (Å²) in [5, 5.41) is 5.49. The Morgan fingerprint density at radius 1 is 1.23 bits per heavy atom. The van der Waals surface area contributed by atoms with Crippen LogP contribution in [-0.4, -0.2) is 18.6 Å². The summed E-state index contributed by atoms with van der Waals surface area (Å²) in [5.74, 6) is 0.720. The first-order valence-electron chi connectivity index (χ1n) is 6.46. The van der Waals surface area contributed by atoms with Crippen molar-refractivity contribution < 1.29 is 12.9 Å². The van der Waals surface area contributed by atoms with Gasteiger partial charge < -0.3 is 4.52 Å². The van der Waals surface area contributed by atoms with Crippen LogP contribution in [0.1, 0.15) is 11.4 Å². The molecule has 114 valence electrons. The normalized spacial score (nSPS) is 11.5. The minimum absolute atomic E-state index is 0.0913. The summed E-state index contributed by atoms with van der Waals surface area (Å²) in [7, 11) is -3.51. The molecule has 0 unspecified atom stereocenters. The van der Waals surface area contributed by atoms with Crippen LogP contribution in [0.5, 0.6) is 0 Å². The van der Waals surface area contributed by atoms with Crippen LogP contribution in [0.2, 0.25) is 0 Å². The maximum Gasteiger partial charge on any atom is 0.270 e. The highest BCUT2D eigenvalue weighted by molar-refractivity contribution is 7.92. The lowest BCUT2D eigenvalue weighted by Gasteiger charge is -2.07. The van der Waals surface area contributed by atoms with E-state index in [0.29, 0.717) is 22.3 Å². The molecule has 3 rings (SSSR count). The van der Waals surface area contributed by atoms with Gasteiger partial charge in [-0.2, -0.15) is 4.98 Å². The summed E-state index contributed by atoms with van der Waals surface area (Å²) in [6.07, 6.45) is 0. The molecule has 6 nitrogen and oxygen atoms in total. The number of nitrogens with zero attached hydrogens (tertiary/aromatic N) is 2. The van der Waals surface area contributed by atoms with Crippen LogP contribution in [0.15, 0.2) is 46.3 Å². The first kappa shape index (κ1) is 14.7. The lowest BCUT2D eigenvalue weighted by Crippen LogP contribution is -2.15. The summed E-state index contributed by atoms with van der Waals surface area (Å²) in [5.41, 5.74) is 1.17. The predicted octanol–water partition coefficient (Wildman–Crippen LogP) is 3.05. The Hall–Kier alpha value is -2.19. The fraction of sp³-hybridized carbons (Fsp3) is 0.143. The largest absolute Gasteiger partial charge is 0.333 e. The number of hydrogen-bond donors (Lipinski definition) is 1. The van der Waals surface area contributed by atoms with E-state index in [0.717, 1.165) is 5.56 Å². The molecule has 0 aliphatic carbocycles. The number of anilines is 1. The van der Waals surface area contributed by atoms with Crippen molar-refractivity contribution in [3.63, 3.8) is 0 Å². The van der Waals surface area contributed by atoms with Crippen LogP contribution < -0.4 is 4.72 Å². The maximum absolute atomic E-state index is 12.3. The minimum atomic E-state index is -3.51. The average Bonchev–Trinajstić information content (AvgIpc) is 3.07. The Morgan fingerprint density at radius 3 is 2.68 bits per heavy atom.